The molecule has 0 aromatic heterocycles. The van der Waals surface area contributed by atoms with Gasteiger partial charge in [0.05, 0.1) is 4.90 Å². The van der Waals surface area contributed by atoms with Gasteiger partial charge in [-0.15, -0.1) is 0 Å². The fourth-order valence-electron chi connectivity index (χ4n) is 1.20. The third kappa shape index (κ3) is 3.78. The van der Waals surface area contributed by atoms with E-state index in [9.17, 15) is 13.5 Å². The van der Waals surface area contributed by atoms with Crippen LogP contribution in [0.5, 0.6) is 0 Å². The summed E-state index contributed by atoms with van der Waals surface area (Å²) in [4.78, 5) is 0.0539. The summed E-state index contributed by atoms with van der Waals surface area (Å²) in [6.45, 7) is 3.27. The summed E-state index contributed by atoms with van der Waals surface area (Å²) in [5.74, 6) is 0. The van der Waals surface area contributed by atoms with Gasteiger partial charge in [-0.3, -0.25) is 4.18 Å². The van der Waals surface area contributed by atoms with Gasteiger partial charge in [-0.25, -0.2) is 0 Å². The number of benzene rings is 1. The van der Waals surface area contributed by atoms with Gasteiger partial charge in [0.25, 0.3) is 10.1 Å². The van der Waals surface area contributed by atoms with E-state index in [0.29, 0.717) is 0 Å². The molecular formula is C11H16O5S. The van der Waals surface area contributed by atoms with E-state index in [4.69, 9.17) is 4.18 Å². The molecule has 0 amide bonds. The zero-order chi connectivity index (χ0) is 13.1. The van der Waals surface area contributed by atoms with Crippen LogP contribution in [-0.2, 0) is 19.0 Å². The highest BCUT2D eigenvalue weighted by atomic mass is 32.2. The van der Waals surface area contributed by atoms with Gasteiger partial charge in [0.15, 0.2) is 6.29 Å². The highest BCUT2D eigenvalue weighted by Crippen LogP contribution is 2.16. The maximum atomic E-state index is 11.8. The molecule has 6 heteroatoms. The highest BCUT2D eigenvalue weighted by Gasteiger charge is 2.23. The molecule has 1 N–H and O–H groups in total. The van der Waals surface area contributed by atoms with E-state index in [-0.39, 0.29) is 4.90 Å². The van der Waals surface area contributed by atoms with Crippen molar-refractivity contribution in [3.05, 3.63) is 29.8 Å². The van der Waals surface area contributed by atoms with Gasteiger partial charge in [-0.1, -0.05) is 17.7 Å². The lowest BCUT2D eigenvalue weighted by Crippen LogP contribution is -2.30. The second-order valence-electron chi connectivity index (χ2n) is 3.69. The molecule has 1 rings (SSSR count). The summed E-state index contributed by atoms with van der Waals surface area (Å²) < 4.78 is 33.0. The van der Waals surface area contributed by atoms with E-state index in [0.717, 1.165) is 5.56 Å². The fourth-order valence-corrected chi connectivity index (χ4v) is 2.27. The van der Waals surface area contributed by atoms with Crippen LogP contribution in [-0.4, -0.2) is 33.0 Å². The molecule has 0 aliphatic rings. The maximum Gasteiger partial charge on any atom is 0.297 e. The SMILES string of the molecule is COC(O)[C@@H](C)OS(=O)(=O)c1ccc(C)cc1. The van der Waals surface area contributed by atoms with E-state index in [1.54, 1.807) is 12.1 Å². The van der Waals surface area contributed by atoms with E-state index in [2.05, 4.69) is 4.74 Å². The summed E-state index contributed by atoms with van der Waals surface area (Å²) in [6, 6.07) is 6.26. The molecule has 0 heterocycles. The quantitative estimate of drug-likeness (QED) is 0.633. The molecule has 0 bridgehead atoms. The lowest BCUT2D eigenvalue weighted by Gasteiger charge is -2.17. The van der Waals surface area contributed by atoms with Crippen molar-refractivity contribution in [2.45, 2.75) is 31.1 Å². The molecule has 1 unspecified atom stereocenters. The van der Waals surface area contributed by atoms with Crippen LogP contribution < -0.4 is 0 Å². The topological polar surface area (TPSA) is 72.8 Å². The van der Waals surface area contributed by atoms with Crippen molar-refractivity contribution in [1.82, 2.24) is 0 Å². The number of aliphatic hydroxyl groups excluding tert-OH is 1. The van der Waals surface area contributed by atoms with Gasteiger partial charge < -0.3 is 9.84 Å². The molecule has 17 heavy (non-hydrogen) atoms. The van der Waals surface area contributed by atoms with Crippen LogP contribution in [0.2, 0.25) is 0 Å². The molecule has 0 radical (unpaired) electrons. The lowest BCUT2D eigenvalue weighted by atomic mass is 10.2. The molecule has 0 fully saturated rings. The van der Waals surface area contributed by atoms with E-state index in [1.165, 1.54) is 26.2 Å². The Labute approximate surface area is 101 Å². The highest BCUT2D eigenvalue weighted by molar-refractivity contribution is 7.86. The van der Waals surface area contributed by atoms with E-state index >= 15 is 0 Å². The predicted octanol–water partition coefficient (Wildman–Crippen LogP) is 1.05. The largest absolute Gasteiger partial charge is 0.366 e. The number of hydrogen-bond donors (Lipinski definition) is 1. The molecule has 5 nitrogen and oxygen atoms in total. The van der Waals surface area contributed by atoms with Gasteiger partial charge in [-0.05, 0) is 26.0 Å². The van der Waals surface area contributed by atoms with Crippen LogP contribution in [0.25, 0.3) is 0 Å². The summed E-state index contributed by atoms with van der Waals surface area (Å²) in [7, 11) is -2.60. The van der Waals surface area contributed by atoms with Crippen LogP contribution in [0.1, 0.15) is 12.5 Å². The smallest absolute Gasteiger partial charge is 0.297 e. The van der Waals surface area contributed by atoms with Crippen molar-refractivity contribution in [3.8, 4) is 0 Å². The second-order valence-corrected chi connectivity index (χ2v) is 5.27. The molecular weight excluding hydrogens is 244 g/mol. The standard InChI is InChI=1S/C11H16O5S/c1-8-4-6-10(7-5-8)17(13,14)16-9(2)11(12)15-3/h4-7,9,11-12H,1-3H3/t9-,11?/m1/s1. The number of rotatable bonds is 5. The van der Waals surface area contributed by atoms with Crippen molar-refractivity contribution in [2.75, 3.05) is 7.11 Å². The zero-order valence-electron chi connectivity index (χ0n) is 9.95. The second kappa shape index (κ2) is 5.59. The van der Waals surface area contributed by atoms with Gasteiger partial charge in [0, 0.05) is 7.11 Å². The number of ether oxygens (including phenoxy) is 1. The van der Waals surface area contributed by atoms with Crippen molar-refractivity contribution in [2.24, 2.45) is 0 Å². The van der Waals surface area contributed by atoms with Crippen LogP contribution >= 0.6 is 0 Å². The van der Waals surface area contributed by atoms with Crippen molar-refractivity contribution < 1.29 is 22.4 Å². The van der Waals surface area contributed by atoms with E-state index < -0.39 is 22.5 Å². The first-order valence-corrected chi connectivity index (χ1v) is 6.48. The van der Waals surface area contributed by atoms with Gasteiger partial charge in [0.2, 0.25) is 0 Å². The Balaban J connectivity index is 2.85. The van der Waals surface area contributed by atoms with Crippen molar-refractivity contribution >= 4 is 10.1 Å². The molecule has 0 saturated heterocycles. The minimum Gasteiger partial charge on any atom is -0.366 e. The summed E-state index contributed by atoms with van der Waals surface area (Å²) in [6.07, 6.45) is -2.25. The average Bonchev–Trinajstić information content (AvgIpc) is 2.27. The van der Waals surface area contributed by atoms with Gasteiger partial charge in [-0.2, -0.15) is 8.42 Å². The number of hydrogen-bond acceptors (Lipinski definition) is 5. The summed E-state index contributed by atoms with van der Waals surface area (Å²) in [5, 5.41) is 9.27. The number of aryl methyl sites for hydroxylation is 1. The molecule has 1 aromatic carbocycles. The molecule has 0 saturated carbocycles. The van der Waals surface area contributed by atoms with Crippen molar-refractivity contribution in [1.29, 1.82) is 0 Å². The monoisotopic (exact) mass is 260 g/mol. The maximum absolute atomic E-state index is 11.8. The Bertz CT molecular complexity index is 451. The summed E-state index contributed by atoms with van der Waals surface area (Å²) in [5.41, 5.74) is 0.953. The Morgan fingerprint density at radius 2 is 1.76 bits per heavy atom. The molecule has 96 valence electrons. The zero-order valence-corrected chi connectivity index (χ0v) is 10.8. The van der Waals surface area contributed by atoms with Crippen LogP contribution in [0.15, 0.2) is 29.2 Å². The number of methoxy groups -OCH3 is 1. The molecule has 1 aromatic rings. The van der Waals surface area contributed by atoms with E-state index in [1.807, 2.05) is 6.92 Å². The number of aliphatic hydroxyl groups is 1. The third-order valence-corrected chi connectivity index (χ3v) is 3.64. The lowest BCUT2D eigenvalue weighted by molar-refractivity contribution is -0.128. The third-order valence-electron chi connectivity index (χ3n) is 2.23. The van der Waals surface area contributed by atoms with Gasteiger partial charge >= 0.3 is 0 Å². The van der Waals surface area contributed by atoms with Crippen LogP contribution in [0, 0.1) is 6.92 Å². The molecule has 0 spiro atoms. The molecule has 0 aliphatic carbocycles. The Kier molecular flexibility index (Phi) is 4.64. The predicted molar refractivity (Wildman–Crippen MR) is 61.9 cm³/mol. The minimum atomic E-state index is -3.87. The van der Waals surface area contributed by atoms with Crippen molar-refractivity contribution in [3.63, 3.8) is 0 Å². The normalized spacial score (nSPS) is 15.5. The molecule has 0 aliphatic heterocycles. The first kappa shape index (κ1) is 14.1. The Morgan fingerprint density at radius 3 is 2.24 bits per heavy atom. The average molecular weight is 260 g/mol. The first-order valence-electron chi connectivity index (χ1n) is 5.07. The summed E-state index contributed by atoms with van der Waals surface area (Å²) >= 11 is 0. The van der Waals surface area contributed by atoms with Crippen LogP contribution in [0.3, 0.4) is 0 Å². The Hall–Kier alpha value is -0.950. The fraction of sp³-hybridized carbons (Fsp3) is 0.455. The van der Waals surface area contributed by atoms with Gasteiger partial charge in [0.1, 0.15) is 6.10 Å². The molecule has 2 atom stereocenters. The first-order chi connectivity index (χ1) is 7.86. The minimum absolute atomic E-state index is 0.0539. The Morgan fingerprint density at radius 1 is 1.24 bits per heavy atom. The van der Waals surface area contributed by atoms with Crippen LogP contribution in [0.4, 0.5) is 0 Å².